The SMILES string of the molecule is CCC(CC)n1nc(C)cc1C(=O)N1C(C(=O)O)CC2CCCCC21. The van der Waals surface area contributed by atoms with Gasteiger partial charge >= 0.3 is 5.97 Å². The van der Waals surface area contributed by atoms with E-state index >= 15 is 0 Å². The number of carboxylic acids is 1. The zero-order valence-corrected chi connectivity index (χ0v) is 15.4. The third-order valence-electron chi connectivity index (χ3n) is 5.97. The van der Waals surface area contributed by atoms with Gasteiger partial charge in [-0.15, -0.1) is 0 Å². The molecule has 2 aliphatic rings. The second kappa shape index (κ2) is 7.18. The van der Waals surface area contributed by atoms with Gasteiger partial charge in [-0.25, -0.2) is 4.79 Å². The number of hydrogen-bond donors (Lipinski definition) is 1. The molecule has 1 amide bonds. The van der Waals surface area contributed by atoms with E-state index in [0.717, 1.165) is 44.2 Å². The molecule has 1 aromatic rings. The Morgan fingerprint density at radius 2 is 1.96 bits per heavy atom. The number of hydrogen-bond acceptors (Lipinski definition) is 3. The smallest absolute Gasteiger partial charge is 0.326 e. The molecule has 0 bridgehead atoms. The molecule has 2 heterocycles. The number of carbonyl (C=O) groups excluding carboxylic acids is 1. The highest BCUT2D eigenvalue weighted by molar-refractivity contribution is 5.96. The highest BCUT2D eigenvalue weighted by Crippen LogP contribution is 2.40. The van der Waals surface area contributed by atoms with Crippen LogP contribution in [0.5, 0.6) is 0 Å². The first-order chi connectivity index (χ1) is 12.0. The standard InChI is InChI=1S/C19H29N3O3/c1-4-14(5-2)22-16(10-12(3)20-22)18(23)21-15-9-7-6-8-13(15)11-17(21)19(24)25/h10,13-15,17H,4-9,11H2,1-3H3,(H,24,25). The Hall–Kier alpha value is -1.85. The fraction of sp³-hybridized carbons (Fsp3) is 0.737. The van der Waals surface area contributed by atoms with Crippen LogP contribution in [0.3, 0.4) is 0 Å². The summed E-state index contributed by atoms with van der Waals surface area (Å²) in [6.45, 7) is 6.07. The molecule has 6 nitrogen and oxygen atoms in total. The highest BCUT2D eigenvalue weighted by atomic mass is 16.4. The fourth-order valence-corrected chi connectivity index (χ4v) is 4.69. The zero-order chi connectivity index (χ0) is 18.1. The van der Waals surface area contributed by atoms with Crippen molar-refractivity contribution in [3.05, 3.63) is 17.5 Å². The molecule has 3 atom stereocenters. The fourth-order valence-electron chi connectivity index (χ4n) is 4.69. The minimum Gasteiger partial charge on any atom is -0.480 e. The molecular weight excluding hydrogens is 318 g/mol. The van der Waals surface area contributed by atoms with Crippen LogP contribution >= 0.6 is 0 Å². The van der Waals surface area contributed by atoms with E-state index in [9.17, 15) is 14.7 Å². The first-order valence-electron chi connectivity index (χ1n) is 9.59. The summed E-state index contributed by atoms with van der Waals surface area (Å²) < 4.78 is 1.83. The number of aryl methyl sites for hydroxylation is 1. The van der Waals surface area contributed by atoms with E-state index in [1.165, 1.54) is 0 Å². The number of aliphatic carboxylic acids is 1. The summed E-state index contributed by atoms with van der Waals surface area (Å²) in [5.41, 5.74) is 1.35. The number of fused-ring (bicyclic) bond motifs is 1. The van der Waals surface area contributed by atoms with Crippen molar-refractivity contribution in [2.24, 2.45) is 5.92 Å². The van der Waals surface area contributed by atoms with Gasteiger partial charge in [0.2, 0.25) is 0 Å². The number of carbonyl (C=O) groups is 2. The lowest BCUT2D eigenvalue weighted by molar-refractivity contribution is -0.141. The third kappa shape index (κ3) is 3.18. The Kier molecular flexibility index (Phi) is 5.16. The Morgan fingerprint density at radius 3 is 2.60 bits per heavy atom. The minimum absolute atomic E-state index is 0.0627. The lowest BCUT2D eigenvalue weighted by Gasteiger charge is -2.33. The molecule has 1 aliphatic heterocycles. The van der Waals surface area contributed by atoms with Crippen molar-refractivity contribution in [2.75, 3.05) is 0 Å². The van der Waals surface area contributed by atoms with Crippen LogP contribution in [0.4, 0.5) is 0 Å². The predicted octanol–water partition coefficient (Wildman–Crippen LogP) is 3.41. The Balaban J connectivity index is 1.97. The molecule has 1 saturated heterocycles. The number of aromatic nitrogens is 2. The van der Waals surface area contributed by atoms with E-state index in [0.29, 0.717) is 18.0 Å². The predicted molar refractivity (Wildman–Crippen MR) is 94.5 cm³/mol. The van der Waals surface area contributed by atoms with Crippen LogP contribution in [0.1, 0.15) is 81.0 Å². The van der Waals surface area contributed by atoms with Crippen molar-refractivity contribution in [2.45, 2.75) is 83.8 Å². The summed E-state index contributed by atoms with van der Waals surface area (Å²) in [6, 6.07) is 1.34. The summed E-state index contributed by atoms with van der Waals surface area (Å²) in [6.07, 6.45) is 6.53. The van der Waals surface area contributed by atoms with Crippen LogP contribution in [0.15, 0.2) is 6.07 Å². The molecule has 3 unspecified atom stereocenters. The molecular formula is C19H29N3O3. The summed E-state index contributed by atoms with van der Waals surface area (Å²) in [4.78, 5) is 26.9. The van der Waals surface area contributed by atoms with Crippen LogP contribution < -0.4 is 0 Å². The van der Waals surface area contributed by atoms with E-state index in [2.05, 4.69) is 18.9 Å². The summed E-state index contributed by atoms with van der Waals surface area (Å²) in [5.74, 6) is -0.716. The van der Waals surface area contributed by atoms with Gasteiger partial charge < -0.3 is 10.0 Å². The van der Waals surface area contributed by atoms with Gasteiger partial charge in [-0.1, -0.05) is 26.7 Å². The number of amides is 1. The Bertz CT molecular complexity index is 650. The maximum Gasteiger partial charge on any atom is 0.326 e. The topological polar surface area (TPSA) is 75.4 Å². The van der Waals surface area contributed by atoms with E-state index in [-0.39, 0.29) is 18.0 Å². The van der Waals surface area contributed by atoms with E-state index < -0.39 is 12.0 Å². The molecule has 0 aromatic carbocycles. The number of likely N-dealkylation sites (tertiary alicyclic amines) is 1. The minimum atomic E-state index is -0.881. The quantitative estimate of drug-likeness (QED) is 0.885. The van der Waals surface area contributed by atoms with Crippen LogP contribution in [-0.2, 0) is 4.79 Å². The maximum atomic E-state index is 13.4. The van der Waals surface area contributed by atoms with Crippen LogP contribution in [0.2, 0.25) is 0 Å². The summed E-state index contributed by atoms with van der Waals surface area (Å²) in [5, 5.41) is 14.2. The third-order valence-corrected chi connectivity index (χ3v) is 5.97. The second-order valence-electron chi connectivity index (χ2n) is 7.50. The van der Waals surface area contributed by atoms with Gasteiger partial charge in [0.15, 0.2) is 0 Å². The van der Waals surface area contributed by atoms with Crippen LogP contribution in [-0.4, -0.2) is 43.7 Å². The van der Waals surface area contributed by atoms with Gasteiger partial charge in [0.05, 0.1) is 11.7 Å². The molecule has 1 saturated carbocycles. The van der Waals surface area contributed by atoms with Gasteiger partial charge in [-0.05, 0) is 51.0 Å². The van der Waals surface area contributed by atoms with Crippen molar-refractivity contribution in [1.82, 2.24) is 14.7 Å². The van der Waals surface area contributed by atoms with Crippen molar-refractivity contribution in [3.63, 3.8) is 0 Å². The maximum absolute atomic E-state index is 13.4. The number of nitrogens with zero attached hydrogens (tertiary/aromatic N) is 3. The van der Waals surface area contributed by atoms with Crippen molar-refractivity contribution in [1.29, 1.82) is 0 Å². The lowest BCUT2D eigenvalue weighted by atomic mass is 9.84. The monoisotopic (exact) mass is 347 g/mol. The molecule has 0 spiro atoms. The first kappa shape index (κ1) is 18.0. The van der Waals surface area contributed by atoms with Gasteiger partial charge in [0.25, 0.3) is 5.91 Å². The summed E-state index contributed by atoms with van der Waals surface area (Å²) in [7, 11) is 0. The molecule has 25 heavy (non-hydrogen) atoms. The molecule has 1 N–H and O–H groups in total. The van der Waals surface area contributed by atoms with Gasteiger partial charge in [0.1, 0.15) is 11.7 Å². The van der Waals surface area contributed by atoms with Gasteiger partial charge in [-0.2, -0.15) is 5.10 Å². The van der Waals surface area contributed by atoms with E-state index in [1.54, 1.807) is 4.90 Å². The van der Waals surface area contributed by atoms with Crippen molar-refractivity contribution >= 4 is 11.9 Å². The van der Waals surface area contributed by atoms with Gasteiger partial charge in [-0.3, -0.25) is 9.48 Å². The zero-order valence-electron chi connectivity index (χ0n) is 15.4. The normalized spacial score (nSPS) is 26.1. The summed E-state index contributed by atoms with van der Waals surface area (Å²) >= 11 is 0. The average Bonchev–Trinajstić information content (AvgIpc) is 3.16. The lowest BCUT2D eigenvalue weighted by Crippen LogP contribution is -2.47. The Morgan fingerprint density at radius 1 is 1.28 bits per heavy atom. The van der Waals surface area contributed by atoms with E-state index in [4.69, 9.17) is 0 Å². The number of carboxylic acid groups (broad SMARTS) is 1. The number of rotatable bonds is 5. The van der Waals surface area contributed by atoms with Crippen molar-refractivity contribution < 1.29 is 14.7 Å². The highest BCUT2D eigenvalue weighted by Gasteiger charge is 2.48. The molecule has 1 aliphatic carbocycles. The van der Waals surface area contributed by atoms with Gasteiger partial charge in [0, 0.05) is 6.04 Å². The van der Waals surface area contributed by atoms with Crippen LogP contribution in [0.25, 0.3) is 0 Å². The molecule has 2 fully saturated rings. The van der Waals surface area contributed by atoms with E-state index in [1.807, 2.05) is 17.7 Å². The average molecular weight is 347 g/mol. The van der Waals surface area contributed by atoms with Crippen molar-refractivity contribution in [3.8, 4) is 0 Å². The molecule has 138 valence electrons. The molecule has 0 radical (unpaired) electrons. The molecule has 6 heteroatoms. The second-order valence-corrected chi connectivity index (χ2v) is 7.50. The largest absolute Gasteiger partial charge is 0.480 e. The Labute approximate surface area is 149 Å². The first-order valence-corrected chi connectivity index (χ1v) is 9.59. The molecule has 3 rings (SSSR count). The molecule has 1 aromatic heterocycles. The van der Waals surface area contributed by atoms with Crippen LogP contribution in [0, 0.1) is 12.8 Å².